The third-order valence-corrected chi connectivity index (χ3v) is 7.13. The number of carbonyl (C=O) groups excluding carboxylic acids is 2. The van der Waals surface area contributed by atoms with Crippen molar-refractivity contribution in [1.82, 2.24) is 9.88 Å². The first-order chi connectivity index (χ1) is 14.6. The molecular formula is C24H24N2O3S. The van der Waals surface area contributed by atoms with Crippen LogP contribution in [0.4, 0.5) is 0 Å². The van der Waals surface area contributed by atoms with Crippen LogP contribution < -0.4 is 0 Å². The van der Waals surface area contributed by atoms with Gasteiger partial charge < -0.3 is 9.64 Å². The molecule has 5 nitrogen and oxygen atoms in total. The molecule has 5 rings (SSSR count). The van der Waals surface area contributed by atoms with Gasteiger partial charge in [-0.05, 0) is 73.7 Å². The largest absolute Gasteiger partial charge is 0.452 e. The molecule has 0 unspecified atom stereocenters. The fourth-order valence-electron chi connectivity index (χ4n) is 4.52. The van der Waals surface area contributed by atoms with Gasteiger partial charge in [0.1, 0.15) is 0 Å². The molecule has 0 spiro atoms. The minimum Gasteiger partial charge on any atom is -0.452 e. The van der Waals surface area contributed by atoms with Gasteiger partial charge in [-0.25, -0.2) is 4.79 Å². The lowest BCUT2D eigenvalue weighted by Crippen LogP contribution is -2.38. The number of aryl methyl sites for hydroxylation is 2. The van der Waals surface area contributed by atoms with Crippen molar-refractivity contribution >= 4 is 34.1 Å². The van der Waals surface area contributed by atoms with Crippen molar-refractivity contribution in [2.75, 3.05) is 13.2 Å². The number of thiophene rings is 1. The first-order valence-corrected chi connectivity index (χ1v) is 11.4. The molecule has 0 N–H and O–H groups in total. The lowest BCUT2D eigenvalue weighted by Gasteiger charge is -2.27. The summed E-state index contributed by atoms with van der Waals surface area (Å²) in [5.74, 6) is -0.545. The highest BCUT2D eigenvalue weighted by atomic mass is 32.1. The quantitative estimate of drug-likeness (QED) is 0.595. The van der Waals surface area contributed by atoms with Crippen LogP contribution >= 0.6 is 11.3 Å². The zero-order chi connectivity index (χ0) is 20.7. The van der Waals surface area contributed by atoms with Crippen LogP contribution in [0.15, 0.2) is 29.6 Å². The highest BCUT2D eigenvalue weighted by Crippen LogP contribution is 2.30. The van der Waals surface area contributed by atoms with E-state index in [9.17, 15) is 9.59 Å². The summed E-state index contributed by atoms with van der Waals surface area (Å²) in [6.45, 7) is 3.06. The Morgan fingerprint density at radius 3 is 2.93 bits per heavy atom. The van der Waals surface area contributed by atoms with Gasteiger partial charge in [0.05, 0.1) is 11.1 Å². The minimum absolute atomic E-state index is 0.136. The summed E-state index contributed by atoms with van der Waals surface area (Å²) in [6, 6.07) is 8.05. The molecule has 0 atom stereocenters. The van der Waals surface area contributed by atoms with E-state index in [2.05, 4.69) is 11.4 Å². The van der Waals surface area contributed by atoms with Crippen LogP contribution in [0.3, 0.4) is 0 Å². The van der Waals surface area contributed by atoms with Crippen LogP contribution in [0.5, 0.6) is 0 Å². The molecule has 2 aliphatic rings. The van der Waals surface area contributed by atoms with E-state index in [0.717, 1.165) is 59.8 Å². The third-order valence-electron chi connectivity index (χ3n) is 6.11. The maximum atomic E-state index is 13.2. The summed E-state index contributed by atoms with van der Waals surface area (Å²) < 4.78 is 5.57. The number of amides is 1. The van der Waals surface area contributed by atoms with E-state index in [0.29, 0.717) is 18.7 Å². The van der Waals surface area contributed by atoms with Crippen LogP contribution in [0.1, 0.15) is 50.5 Å². The predicted molar refractivity (Wildman–Crippen MR) is 117 cm³/mol. The Hall–Kier alpha value is -2.73. The Morgan fingerprint density at radius 2 is 2.03 bits per heavy atom. The second-order valence-corrected chi connectivity index (χ2v) is 9.15. The van der Waals surface area contributed by atoms with Crippen LogP contribution in [-0.4, -0.2) is 34.9 Å². The zero-order valence-electron chi connectivity index (χ0n) is 17.1. The van der Waals surface area contributed by atoms with Gasteiger partial charge in [-0.15, -0.1) is 11.3 Å². The summed E-state index contributed by atoms with van der Waals surface area (Å²) in [7, 11) is 0. The molecule has 3 heterocycles. The number of nitrogens with zero attached hydrogens (tertiary/aromatic N) is 2. The molecule has 30 heavy (non-hydrogen) atoms. The summed E-state index contributed by atoms with van der Waals surface area (Å²) >= 11 is 1.74. The molecule has 0 radical (unpaired) electrons. The number of carbonyl (C=O) groups is 2. The van der Waals surface area contributed by atoms with Gasteiger partial charge in [-0.2, -0.15) is 0 Å². The number of benzene rings is 1. The Kier molecular flexibility index (Phi) is 5.03. The number of hydrogen-bond acceptors (Lipinski definition) is 5. The lowest BCUT2D eigenvalue weighted by atomic mass is 9.89. The molecular weight excluding hydrogens is 396 g/mol. The molecule has 6 heteroatoms. The summed E-state index contributed by atoms with van der Waals surface area (Å²) in [5, 5.41) is 2.90. The smallest absolute Gasteiger partial charge is 0.339 e. The molecule has 154 valence electrons. The number of esters is 1. The number of aromatic nitrogens is 1. The molecule has 0 saturated carbocycles. The van der Waals surface area contributed by atoms with Crippen molar-refractivity contribution < 1.29 is 14.3 Å². The average molecular weight is 421 g/mol. The number of fused-ring (bicyclic) bond motifs is 3. The van der Waals surface area contributed by atoms with Crippen molar-refractivity contribution in [3.63, 3.8) is 0 Å². The number of hydrogen-bond donors (Lipinski definition) is 0. The predicted octanol–water partition coefficient (Wildman–Crippen LogP) is 4.23. The minimum atomic E-state index is -0.410. The van der Waals surface area contributed by atoms with E-state index < -0.39 is 5.97 Å². The van der Waals surface area contributed by atoms with Crippen molar-refractivity contribution in [3.8, 4) is 0 Å². The van der Waals surface area contributed by atoms with Gasteiger partial charge in [0, 0.05) is 29.0 Å². The summed E-state index contributed by atoms with van der Waals surface area (Å²) in [6.07, 6.45) is 4.72. The first kappa shape index (κ1) is 19.2. The monoisotopic (exact) mass is 420 g/mol. The average Bonchev–Trinajstić information content (AvgIpc) is 3.23. The van der Waals surface area contributed by atoms with Crippen molar-refractivity contribution in [3.05, 3.63) is 62.5 Å². The van der Waals surface area contributed by atoms with Gasteiger partial charge in [-0.1, -0.05) is 11.6 Å². The SMILES string of the molecule is Cc1ccc2nc3c(c(C(=O)OCC(=O)N4CCc5sccc5C4)c2c1)CCCC3. The van der Waals surface area contributed by atoms with E-state index in [1.165, 1.54) is 10.4 Å². The zero-order valence-corrected chi connectivity index (χ0v) is 17.9. The van der Waals surface area contributed by atoms with E-state index >= 15 is 0 Å². The van der Waals surface area contributed by atoms with Gasteiger partial charge in [-0.3, -0.25) is 9.78 Å². The Labute approximate surface area is 179 Å². The maximum absolute atomic E-state index is 13.2. The van der Waals surface area contributed by atoms with E-state index in [1.54, 1.807) is 16.2 Å². The van der Waals surface area contributed by atoms with E-state index in [4.69, 9.17) is 9.72 Å². The molecule has 1 amide bonds. The Bertz CT molecular complexity index is 1150. The van der Waals surface area contributed by atoms with Crippen molar-refractivity contribution in [2.24, 2.45) is 0 Å². The normalized spacial score (nSPS) is 15.6. The molecule has 2 aromatic heterocycles. The summed E-state index contributed by atoms with van der Waals surface area (Å²) in [4.78, 5) is 33.8. The van der Waals surface area contributed by atoms with Crippen LogP contribution in [-0.2, 0) is 35.3 Å². The molecule has 0 bridgehead atoms. The fourth-order valence-corrected chi connectivity index (χ4v) is 5.41. The van der Waals surface area contributed by atoms with Crippen LogP contribution in [0.2, 0.25) is 0 Å². The standard InChI is InChI=1S/C24H24N2O3S/c1-15-6-7-20-18(12-15)23(17-4-2-3-5-19(17)25-20)24(28)29-14-22(27)26-10-8-21-16(13-26)9-11-30-21/h6-7,9,11-12H,2-5,8,10,13-14H2,1H3. The highest BCUT2D eigenvalue weighted by Gasteiger charge is 2.26. The number of ether oxygens (including phenoxy) is 1. The van der Waals surface area contributed by atoms with Crippen molar-refractivity contribution in [1.29, 1.82) is 0 Å². The second-order valence-electron chi connectivity index (χ2n) is 8.15. The molecule has 0 fully saturated rings. The second kappa shape index (κ2) is 7.84. The molecule has 0 saturated heterocycles. The van der Waals surface area contributed by atoms with Crippen molar-refractivity contribution in [2.45, 2.75) is 45.6 Å². The summed E-state index contributed by atoms with van der Waals surface area (Å²) in [5.41, 5.74) is 5.70. The molecule has 3 aromatic rings. The molecule has 1 aliphatic heterocycles. The Balaban J connectivity index is 1.38. The van der Waals surface area contributed by atoms with Crippen LogP contribution in [0, 0.1) is 6.92 Å². The highest BCUT2D eigenvalue weighted by molar-refractivity contribution is 7.10. The van der Waals surface area contributed by atoms with E-state index in [-0.39, 0.29) is 12.5 Å². The van der Waals surface area contributed by atoms with Gasteiger partial charge in [0.15, 0.2) is 6.61 Å². The topological polar surface area (TPSA) is 59.5 Å². The van der Waals surface area contributed by atoms with Gasteiger partial charge in [0.2, 0.25) is 0 Å². The van der Waals surface area contributed by atoms with Gasteiger partial charge in [0.25, 0.3) is 5.91 Å². The molecule has 1 aliphatic carbocycles. The lowest BCUT2D eigenvalue weighted by molar-refractivity contribution is -0.135. The van der Waals surface area contributed by atoms with E-state index in [1.807, 2.05) is 25.1 Å². The van der Waals surface area contributed by atoms with Crippen LogP contribution in [0.25, 0.3) is 10.9 Å². The third kappa shape index (κ3) is 3.49. The number of rotatable bonds is 3. The maximum Gasteiger partial charge on any atom is 0.339 e. The number of pyridine rings is 1. The first-order valence-electron chi connectivity index (χ1n) is 10.5. The van der Waals surface area contributed by atoms with Gasteiger partial charge >= 0.3 is 5.97 Å². The Morgan fingerprint density at radius 1 is 1.17 bits per heavy atom. The molecule has 1 aromatic carbocycles. The fraction of sp³-hybridized carbons (Fsp3) is 0.375.